The Morgan fingerprint density at radius 3 is 2.20 bits per heavy atom. The third kappa shape index (κ3) is 2.38. The van der Waals surface area contributed by atoms with E-state index >= 15 is 0 Å². The maximum Gasteiger partial charge on any atom is 0.224 e. The zero-order valence-corrected chi connectivity index (χ0v) is 8.56. The lowest BCUT2D eigenvalue weighted by Gasteiger charge is -2.21. The van der Waals surface area contributed by atoms with E-state index in [0.717, 1.165) is 29.6 Å². The summed E-state index contributed by atoms with van der Waals surface area (Å²) in [6, 6.07) is 0. The summed E-state index contributed by atoms with van der Waals surface area (Å²) in [5.74, 6) is 0.160. The van der Waals surface area contributed by atoms with E-state index in [9.17, 15) is 4.79 Å². The van der Waals surface area contributed by atoms with Crippen LogP contribution in [0, 0.1) is 5.92 Å². The fourth-order valence-corrected chi connectivity index (χ4v) is 2.22. The first-order valence-electron chi connectivity index (χ1n) is 3.53. The van der Waals surface area contributed by atoms with Crippen molar-refractivity contribution in [3.63, 3.8) is 0 Å². The van der Waals surface area contributed by atoms with E-state index < -0.39 is 0 Å². The Morgan fingerprint density at radius 2 is 1.80 bits per heavy atom. The molecule has 0 aromatic rings. The molecule has 1 rings (SSSR count). The van der Waals surface area contributed by atoms with Crippen LogP contribution >= 0.6 is 34.2 Å². The van der Waals surface area contributed by atoms with Crippen molar-refractivity contribution >= 4 is 39.4 Å². The van der Waals surface area contributed by atoms with Crippen molar-refractivity contribution in [2.75, 3.05) is 0 Å². The van der Waals surface area contributed by atoms with Crippen LogP contribution in [0.2, 0.25) is 0 Å². The highest BCUT2D eigenvalue weighted by atomic mass is 127. The summed E-state index contributed by atoms with van der Waals surface area (Å²) in [7, 11) is 0. The number of halogens is 2. The molecule has 10 heavy (non-hydrogen) atoms. The minimum atomic E-state index is -0.136. The van der Waals surface area contributed by atoms with Crippen molar-refractivity contribution in [1.82, 2.24) is 0 Å². The van der Waals surface area contributed by atoms with E-state index in [1.807, 2.05) is 0 Å². The average Bonchev–Trinajstić information content (AvgIpc) is 1.88. The Morgan fingerprint density at radius 1 is 1.30 bits per heavy atom. The van der Waals surface area contributed by atoms with Gasteiger partial charge in [0.05, 0.1) is 0 Å². The first kappa shape index (κ1) is 8.78. The van der Waals surface area contributed by atoms with Gasteiger partial charge in [-0.1, -0.05) is 22.6 Å². The van der Waals surface area contributed by atoms with Gasteiger partial charge in [-0.2, -0.15) is 0 Å². The highest BCUT2D eigenvalue weighted by molar-refractivity contribution is 14.1. The highest BCUT2D eigenvalue weighted by Gasteiger charge is 2.23. The first-order chi connectivity index (χ1) is 4.70. The molecule has 1 aliphatic carbocycles. The lowest BCUT2D eigenvalue weighted by atomic mass is 9.90. The van der Waals surface area contributed by atoms with Crippen molar-refractivity contribution in [3.8, 4) is 0 Å². The molecule has 0 aromatic carbocycles. The SMILES string of the molecule is O=C(Cl)C1CCC(I)CC1. The molecule has 3 heteroatoms. The highest BCUT2D eigenvalue weighted by Crippen LogP contribution is 2.29. The lowest BCUT2D eigenvalue weighted by molar-refractivity contribution is -0.115. The maximum absolute atomic E-state index is 10.7. The lowest BCUT2D eigenvalue weighted by Crippen LogP contribution is -2.18. The van der Waals surface area contributed by atoms with Gasteiger partial charge in [0.2, 0.25) is 5.24 Å². The van der Waals surface area contributed by atoms with Crippen molar-refractivity contribution in [2.24, 2.45) is 5.92 Å². The molecule has 0 saturated heterocycles. The summed E-state index contributed by atoms with van der Waals surface area (Å²) < 4.78 is 0.768. The van der Waals surface area contributed by atoms with Crippen molar-refractivity contribution in [1.29, 1.82) is 0 Å². The molecule has 1 fully saturated rings. The zero-order valence-electron chi connectivity index (χ0n) is 5.65. The molecule has 58 valence electrons. The largest absolute Gasteiger partial charge is 0.281 e. The normalized spacial score (nSPS) is 33.8. The molecule has 0 N–H and O–H groups in total. The fourth-order valence-electron chi connectivity index (χ4n) is 1.28. The Hall–Kier alpha value is 0.690. The third-order valence-corrected chi connectivity index (χ3v) is 3.53. The molecule has 0 spiro atoms. The smallest absolute Gasteiger partial charge is 0.224 e. The Bertz CT molecular complexity index is 130. The Balaban J connectivity index is 2.33. The molecule has 0 amide bonds. The van der Waals surface area contributed by atoms with E-state index in [1.54, 1.807) is 0 Å². The van der Waals surface area contributed by atoms with Gasteiger partial charge in [0.15, 0.2) is 0 Å². The Labute approximate surface area is 79.6 Å². The van der Waals surface area contributed by atoms with Gasteiger partial charge in [-0.3, -0.25) is 4.79 Å². The molecule has 0 heterocycles. The number of hydrogen-bond acceptors (Lipinski definition) is 1. The van der Waals surface area contributed by atoms with Crippen LogP contribution < -0.4 is 0 Å². The summed E-state index contributed by atoms with van der Waals surface area (Å²) in [6.07, 6.45) is 4.30. The van der Waals surface area contributed by atoms with Gasteiger partial charge in [0, 0.05) is 9.84 Å². The van der Waals surface area contributed by atoms with Crippen LogP contribution in [-0.2, 0) is 4.79 Å². The van der Waals surface area contributed by atoms with Crippen LogP contribution in [0.5, 0.6) is 0 Å². The summed E-state index contributed by atoms with van der Waals surface area (Å²) in [4.78, 5) is 10.7. The molecule has 0 aliphatic heterocycles. The number of hydrogen-bond donors (Lipinski definition) is 0. The number of carbonyl (C=O) groups excluding carboxylic acids is 1. The van der Waals surface area contributed by atoms with Crippen LogP contribution in [-0.4, -0.2) is 9.17 Å². The molecule has 0 radical (unpaired) electrons. The van der Waals surface area contributed by atoms with Gasteiger partial charge >= 0.3 is 0 Å². The van der Waals surface area contributed by atoms with E-state index in [2.05, 4.69) is 22.6 Å². The molecule has 0 aromatic heterocycles. The molecule has 1 saturated carbocycles. The fraction of sp³-hybridized carbons (Fsp3) is 0.857. The number of rotatable bonds is 1. The summed E-state index contributed by atoms with van der Waals surface area (Å²) in [5, 5.41) is -0.136. The van der Waals surface area contributed by atoms with Crippen molar-refractivity contribution < 1.29 is 4.79 Å². The van der Waals surface area contributed by atoms with Crippen molar-refractivity contribution in [2.45, 2.75) is 29.6 Å². The molecule has 0 unspecified atom stereocenters. The second-order valence-corrected chi connectivity index (χ2v) is 4.89. The van der Waals surface area contributed by atoms with Crippen molar-refractivity contribution in [3.05, 3.63) is 0 Å². The van der Waals surface area contributed by atoms with Crippen LogP contribution in [0.15, 0.2) is 0 Å². The standard InChI is InChI=1S/C7H10ClIO/c8-7(10)5-1-3-6(9)4-2-5/h5-6H,1-4H2. The van der Waals surface area contributed by atoms with E-state index in [1.165, 1.54) is 0 Å². The summed E-state index contributed by atoms with van der Waals surface area (Å²) >= 11 is 7.80. The third-order valence-electron chi connectivity index (χ3n) is 1.98. The van der Waals surface area contributed by atoms with Crippen LogP contribution in [0.4, 0.5) is 0 Å². The van der Waals surface area contributed by atoms with Gasteiger partial charge < -0.3 is 0 Å². The minimum absolute atomic E-state index is 0.136. The van der Waals surface area contributed by atoms with Gasteiger partial charge in [-0.05, 0) is 37.3 Å². The second kappa shape index (κ2) is 3.90. The predicted molar refractivity (Wildman–Crippen MR) is 50.6 cm³/mol. The maximum atomic E-state index is 10.7. The summed E-state index contributed by atoms with van der Waals surface area (Å²) in [6.45, 7) is 0. The van der Waals surface area contributed by atoms with Gasteiger partial charge in [-0.25, -0.2) is 0 Å². The quantitative estimate of drug-likeness (QED) is 0.407. The van der Waals surface area contributed by atoms with Gasteiger partial charge in [0.1, 0.15) is 0 Å². The van der Waals surface area contributed by atoms with E-state index in [-0.39, 0.29) is 11.2 Å². The Kier molecular flexibility index (Phi) is 3.43. The van der Waals surface area contributed by atoms with Gasteiger partial charge in [0.25, 0.3) is 0 Å². The topological polar surface area (TPSA) is 17.1 Å². The molecule has 1 nitrogen and oxygen atoms in total. The molecule has 1 aliphatic rings. The molecular formula is C7H10ClIO. The van der Waals surface area contributed by atoms with Crippen LogP contribution in [0.3, 0.4) is 0 Å². The molecule has 0 atom stereocenters. The predicted octanol–water partition coefficient (Wildman–Crippen LogP) is 2.75. The van der Waals surface area contributed by atoms with Gasteiger partial charge in [-0.15, -0.1) is 0 Å². The average molecular weight is 273 g/mol. The van der Waals surface area contributed by atoms with Crippen LogP contribution in [0.25, 0.3) is 0 Å². The second-order valence-electron chi connectivity index (χ2n) is 2.75. The minimum Gasteiger partial charge on any atom is -0.281 e. The van der Waals surface area contributed by atoms with E-state index in [0.29, 0.717) is 0 Å². The summed E-state index contributed by atoms with van der Waals surface area (Å²) in [5.41, 5.74) is 0. The number of alkyl halides is 1. The number of carbonyl (C=O) groups is 1. The molecule has 0 bridgehead atoms. The zero-order chi connectivity index (χ0) is 7.56. The first-order valence-corrected chi connectivity index (χ1v) is 5.16. The molecular weight excluding hydrogens is 262 g/mol. The van der Waals surface area contributed by atoms with Crippen LogP contribution in [0.1, 0.15) is 25.7 Å². The van der Waals surface area contributed by atoms with E-state index in [4.69, 9.17) is 11.6 Å². The monoisotopic (exact) mass is 272 g/mol.